The lowest BCUT2D eigenvalue weighted by molar-refractivity contribution is -0.141. The number of carbonyl (C=O) groups excluding carboxylic acids is 1. The van der Waals surface area contributed by atoms with E-state index in [-0.39, 0.29) is 24.4 Å². The van der Waals surface area contributed by atoms with Crippen LogP contribution in [0.15, 0.2) is 12.3 Å². The third kappa shape index (κ3) is 5.29. The second kappa shape index (κ2) is 8.96. The third-order valence-corrected chi connectivity index (χ3v) is 4.64. The van der Waals surface area contributed by atoms with Gasteiger partial charge in [-0.2, -0.15) is 30.0 Å². The van der Waals surface area contributed by atoms with E-state index in [1.54, 1.807) is 16.7 Å². The van der Waals surface area contributed by atoms with Crippen molar-refractivity contribution in [2.45, 2.75) is 37.5 Å². The number of nitrogens with zero attached hydrogens (tertiary/aromatic N) is 3. The molecular formula is C14H22ClF3N4OS. The summed E-state index contributed by atoms with van der Waals surface area (Å²) in [5.41, 5.74) is 5.00. The highest BCUT2D eigenvalue weighted by Crippen LogP contribution is 2.29. The van der Waals surface area contributed by atoms with Crippen molar-refractivity contribution in [1.82, 2.24) is 14.7 Å². The summed E-state index contributed by atoms with van der Waals surface area (Å²) in [7, 11) is 0. The van der Waals surface area contributed by atoms with Gasteiger partial charge in [-0.15, -0.1) is 12.4 Å². The molecule has 1 aliphatic heterocycles. The van der Waals surface area contributed by atoms with Crippen LogP contribution in [0.1, 0.15) is 31.0 Å². The zero-order valence-electron chi connectivity index (χ0n) is 13.3. The van der Waals surface area contributed by atoms with Crippen LogP contribution in [0, 0.1) is 0 Å². The van der Waals surface area contributed by atoms with Crippen LogP contribution in [0.25, 0.3) is 0 Å². The maximum Gasteiger partial charge on any atom is 0.435 e. The van der Waals surface area contributed by atoms with Crippen LogP contribution in [-0.4, -0.2) is 51.7 Å². The first-order valence-corrected chi connectivity index (χ1v) is 8.88. The Morgan fingerprint density at radius 2 is 2.08 bits per heavy atom. The normalized spacial score (nSPS) is 17.5. The predicted octanol–water partition coefficient (Wildman–Crippen LogP) is 2.57. The fourth-order valence-corrected chi connectivity index (χ4v) is 3.14. The molecule has 2 rings (SSSR count). The Bertz CT molecular complexity index is 532. The van der Waals surface area contributed by atoms with Crippen molar-refractivity contribution in [2.75, 3.05) is 25.1 Å². The first-order chi connectivity index (χ1) is 10.8. The van der Waals surface area contributed by atoms with E-state index in [4.69, 9.17) is 5.73 Å². The Balaban J connectivity index is 0.00000288. The standard InChI is InChI=1S/C14H21F3N4OS.ClH/c1-23-9-5-11(18)13(22)20-6-2-10(3-7-20)21-8-4-12(19-21)14(15,16)17;/h4,8,10-11H,2-3,5-7,9,18H2,1H3;1H. The highest BCUT2D eigenvalue weighted by molar-refractivity contribution is 7.98. The lowest BCUT2D eigenvalue weighted by Gasteiger charge is -2.33. The molecule has 1 aromatic heterocycles. The van der Waals surface area contributed by atoms with Crippen molar-refractivity contribution >= 4 is 30.1 Å². The number of aromatic nitrogens is 2. The summed E-state index contributed by atoms with van der Waals surface area (Å²) in [5, 5.41) is 3.61. The number of hydrogen-bond acceptors (Lipinski definition) is 4. The molecule has 24 heavy (non-hydrogen) atoms. The summed E-state index contributed by atoms with van der Waals surface area (Å²) in [4.78, 5) is 13.9. The molecule has 0 aromatic carbocycles. The maximum atomic E-state index is 12.6. The van der Waals surface area contributed by atoms with E-state index in [1.807, 2.05) is 6.26 Å². The van der Waals surface area contributed by atoms with E-state index in [2.05, 4.69) is 5.10 Å². The van der Waals surface area contributed by atoms with E-state index >= 15 is 0 Å². The lowest BCUT2D eigenvalue weighted by atomic mass is 10.0. The highest BCUT2D eigenvalue weighted by atomic mass is 35.5. The zero-order valence-corrected chi connectivity index (χ0v) is 15.0. The van der Waals surface area contributed by atoms with Crippen molar-refractivity contribution in [2.24, 2.45) is 5.73 Å². The average molecular weight is 387 g/mol. The van der Waals surface area contributed by atoms with Crippen molar-refractivity contribution in [3.8, 4) is 0 Å². The quantitative estimate of drug-likeness (QED) is 0.844. The molecule has 2 N–H and O–H groups in total. The number of likely N-dealkylation sites (tertiary alicyclic amines) is 1. The molecule has 1 saturated heterocycles. The number of alkyl halides is 3. The number of rotatable bonds is 5. The molecule has 0 radical (unpaired) electrons. The molecule has 10 heteroatoms. The summed E-state index contributed by atoms with van der Waals surface area (Å²) in [6, 6.07) is 0.369. The molecule has 0 bridgehead atoms. The molecule has 138 valence electrons. The lowest BCUT2D eigenvalue weighted by Crippen LogP contribution is -2.47. The van der Waals surface area contributed by atoms with Gasteiger partial charge in [-0.25, -0.2) is 0 Å². The van der Waals surface area contributed by atoms with Gasteiger partial charge in [0.25, 0.3) is 0 Å². The minimum Gasteiger partial charge on any atom is -0.341 e. The average Bonchev–Trinajstić information content (AvgIpc) is 3.02. The summed E-state index contributed by atoms with van der Waals surface area (Å²) in [5.74, 6) is 0.755. The van der Waals surface area contributed by atoms with Gasteiger partial charge < -0.3 is 10.6 Å². The molecule has 0 aliphatic carbocycles. The van der Waals surface area contributed by atoms with Crippen molar-refractivity contribution in [3.63, 3.8) is 0 Å². The van der Waals surface area contributed by atoms with Gasteiger partial charge in [-0.1, -0.05) is 0 Å². The minimum atomic E-state index is -4.42. The van der Waals surface area contributed by atoms with Gasteiger partial charge in [-0.05, 0) is 37.3 Å². The molecule has 1 unspecified atom stereocenters. The van der Waals surface area contributed by atoms with Crippen molar-refractivity contribution in [1.29, 1.82) is 0 Å². The van der Waals surface area contributed by atoms with Gasteiger partial charge in [0.05, 0.1) is 12.1 Å². The van der Waals surface area contributed by atoms with Crippen LogP contribution in [-0.2, 0) is 11.0 Å². The molecule has 1 fully saturated rings. The van der Waals surface area contributed by atoms with E-state index in [0.29, 0.717) is 32.4 Å². The Morgan fingerprint density at radius 3 is 2.58 bits per heavy atom. The van der Waals surface area contributed by atoms with Gasteiger partial charge in [0, 0.05) is 19.3 Å². The summed E-state index contributed by atoms with van der Waals surface area (Å²) in [6.45, 7) is 0.995. The first kappa shape index (κ1) is 21.1. The van der Waals surface area contributed by atoms with Crippen LogP contribution >= 0.6 is 24.2 Å². The highest BCUT2D eigenvalue weighted by Gasteiger charge is 2.34. The number of nitrogens with two attached hydrogens (primary N) is 1. The molecule has 1 atom stereocenters. The summed E-state index contributed by atoms with van der Waals surface area (Å²) >= 11 is 1.64. The number of hydrogen-bond donors (Lipinski definition) is 1. The van der Waals surface area contributed by atoms with Gasteiger partial charge in [0.2, 0.25) is 5.91 Å². The van der Waals surface area contributed by atoms with Crippen LogP contribution < -0.4 is 5.73 Å². The van der Waals surface area contributed by atoms with E-state index in [0.717, 1.165) is 11.8 Å². The largest absolute Gasteiger partial charge is 0.435 e. The van der Waals surface area contributed by atoms with Crippen LogP contribution in [0.4, 0.5) is 13.2 Å². The smallest absolute Gasteiger partial charge is 0.341 e. The second-order valence-electron chi connectivity index (χ2n) is 5.62. The minimum absolute atomic E-state index is 0. The zero-order chi connectivity index (χ0) is 17.0. The van der Waals surface area contributed by atoms with Crippen LogP contribution in [0.2, 0.25) is 0 Å². The van der Waals surface area contributed by atoms with Gasteiger partial charge in [-0.3, -0.25) is 9.48 Å². The molecule has 1 aromatic rings. The van der Waals surface area contributed by atoms with E-state index in [9.17, 15) is 18.0 Å². The fourth-order valence-electron chi connectivity index (χ4n) is 2.65. The predicted molar refractivity (Wildman–Crippen MR) is 90.3 cm³/mol. The summed E-state index contributed by atoms with van der Waals surface area (Å²) < 4.78 is 39.1. The topological polar surface area (TPSA) is 64.2 Å². The fraction of sp³-hybridized carbons (Fsp3) is 0.714. The Labute approximate surface area is 149 Å². The molecule has 1 amide bonds. The molecule has 0 saturated carbocycles. The van der Waals surface area contributed by atoms with E-state index in [1.165, 1.54) is 10.9 Å². The first-order valence-electron chi connectivity index (χ1n) is 7.48. The molecule has 2 heterocycles. The molecule has 1 aliphatic rings. The van der Waals surface area contributed by atoms with Crippen molar-refractivity contribution in [3.05, 3.63) is 18.0 Å². The van der Waals surface area contributed by atoms with Crippen molar-refractivity contribution < 1.29 is 18.0 Å². The van der Waals surface area contributed by atoms with Crippen LogP contribution in [0.5, 0.6) is 0 Å². The monoisotopic (exact) mass is 386 g/mol. The second-order valence-corrected chi connectivity index (χ2v) is 6.61. The Kier molecular flexibility index (Phi) is 7.88. The maximum absolute atomic E-state index is 12.6. The van der Waals surface area contributed by atoms with E-state index < -0.39 is 17.9 Å². The molecule has 5 nitrogen and oxygen atoms in total. The third-order valence-electron chi connectivity index (χ3n) is 4.00. The van der Waals surface area contributed by atoms with Gasteiger partial charge in [0.15, 0.2) is 5.69 Å². The number of halogens is 4. The Morgan fingerprint density at radius 1 is 1.46 bits per heavy atom. The molecular weight excluding hydrogens is 365 g/mol. The van der Waals surface area contributed by atoms with Crippen LogP contribution in [0.3, 0.4) is 0 Å². The van der Waals surface area contributed by atoms with Gasteiger partial charge in [0.1, 0.15) is 0 Å². The number of piperidine rings is 1. The number of amides is 1. The Hall–Kier alpha value is -0.930. The summed E-state index contributed by atoms with van der Waals surface area (Å²) in [6.07, 6.45) is 0.692. The molecule has 0 spiro atoms. The number of carbonyl (C=O) groups is 1. The SMILES string of the molecule is CSCCC(N)C(=O)N1CCC(n2ccc(C(F)(F)F)n2)CC1.Cl. The van der Waals surface area contributed by atoms with Gasteiger partial charge >= 0.3 is 6.18 Å². The number of thioether (sulfide) groups is 1.